The van der Waals surface area contributed by atoms with Crippen molar-refractivity contribution < 1.29 is 13.6 Å². The van der Waals surface area contributed by atoms with Gasteiger partial charge in [-0.15, -0.1) is 0 Å². The van der Waals surface area contributed by atoms with Crippen molar-refractivity contribution in [1.82, 2.24) is 5.48 Å². The smallest absolute Gasteiger partial charge is 0.175 e. The van der Waals surface area contributed by atoms with Crippen molar-refractivity contribution in [2.75, 3.05) is 6.26 Å². The Bertz CT molecular complexity index is 466. The summed E-state index contributed by atoms with van der Waals surface area (Å²) in [4.78, 5) is 0.288. The molecule has 0 aliphatic heterocycles. The van der Waals surface area contributed by atoms with Gasteiger partial charge >= 0.3 is 0 Å². The second kappa shape index (κ2) is 4.30. The van der Waals surface area contributed by atoms with Crippen LogP contribution in [0.15, 0.2) is 17.0 Å². The van der Waals surface area contributed by atoms with Gasteiger partial charge in [0.15, 0.2) is 9.84 Å². The Kier molecular flexibility index (Phi) is 3.49. The Balaban J connectivity index is 3.36. The third-order valence-electron chi connectivity index (χ3n) is 2.45. The Morgan fingerprint density at radius 2 is 1.93 bits per heavy atom. The summed E-state index contributed by atoms with van der Waals surface area (Å²) in [7, 11) is -3.19. The molecule has 0 saturated carbocycles. The third kappa shape index (κ3) is 2.77. The molecule has 0 saturated heterocycles. The van der Waals surface area contributed by atoms with Crippen LogP contribution in [-0.2, 0) is 16.4 Å². The van der Waals surface area contributed by atoms with Crippen LogP contribution < -0.4 is 5.48 Å². The summed E-state index contributed by atoms with van der Waals surface area (Å²) < 4.78 is 22.7. The summed E-state index contributed by atoms with van der Waals surface area (Å²) >= 11 is 0. The Morgan fingerprint density at radius 3 is 2.40 bits per heavy atom. The van der Waals surface area contributed by atoms with Crippen molar-refractivity contribution in [2.45, 2.75) is 25.3 Å². The van der Waals surface area contributed by atoms with Crippen LogP contribution in [-0.4, -0.2) is 19.9 Å². The van der Waals surface area contributed by atoms with Gasteiger partial charge in [0.25, 0.3) is 0 Å². The van der Waals surface area contributed by atoms with Crippen molar-refractivity contribution >= 4 is 9.84 Å². The number of benzene rings is 1. The lowest BCUT2D eigenvalue weighted by Crippen LogP contribution is -2.10. The lowest BCUT2D eigenvalue weighted by atomic mass is 10.0. The number of aryl methyl sites for hydroxylation is 1. The fourth-order valence-electron chi connectivity index (χ4n) is 1.38. The molecule has 15 heavy (non-hydrogen) atoms. The fraction of sp³-hybridized carbons (Fsp3) is 0.400. The Hall–Kier alpha value is -0.910. The van der Waals surface area contributed by atoms with Gasteiger partial charge in [-0.05, 0) is 42.7 Å². The molecule has 5 heteroatoms. The van der Waals surface area contributed by atoms with E-state index in [1.54, 1.807) is 12.1 Å². The first-order valence-corrected chi connectivity index (χ1v) is 6.42. The highest BCUT2D eigenvalue weighted by Gasteiger charge is 2.11. The number of hydrogen-bond donors (Lipinski definition) is 2. The van der Waals surface area contributed by atoms with Crippen LogP contribution in [0.5, 0.6) is 0 Å². The average Bonchev–Trinajstić information content (AvgIpc) is 2.11. The first-order valence-electron chi connectivity index (χ1n) is 4.53. The van der Waals surface area contributed by atoms with Gasteiger partial charge in [-0.2, -0.15) is 0 Å². The zero-order chi connectivity index (χ0) is 11.6. The van der Waals surface area contributed by atoms with E-state index in [9.17, 15) is 8.42 Å². The van der Waals surface area contributed by atoms with Crippen molar-refractivity contribution in [3.8, 4) is 0 Å². The number of hydrogen-bond acceptors (Lipinski definition) is 4. The van der Waals surface area contributed by atoms with Gasteiger partial charge in [0.1, 0.15) is 0 Å². The second-order valence-electron chi connectivity index (χ2n) is 3.63. The fourth-order valence-corrected chi connectivity index (χ4v) is 2.13. The molecular formula is C10H15NO3S. The molecule has 0 aromatic heterocycles. The first-order chi connectivity index (χ1) is 6.86. The minimum atomic E-state index is -3.19. The van der Waals surface area contributed by atoms with E-state index >= 15 is 0 Å². The average molecular weight is 229 g/mol. The Morgan fingerprint density at radius 1 is 1.33 bits per heavy atom. The van der Waals surface area contributed by atoms with Crippen molar-refractivity contribution in [3.05, 3.63) is 28.8 Å². The summed E-state index contributed by atoms with van der Waals surface area (Å²) in [5, 5.41) is 8.63. The van der Waals surface area contributed by atoms with E-state index in [4.69, 9.17) is 5.21 Å². The summed E-state index contributed by atoms with van der Waals surface area (Å²) in [6.45, 7) is 4.00. The van der Waals surface area contributed by atoms with Gasteiger partial charge in [0.2, 0.25) is 0 Å². The predicted octanol–water partition coefficient (Wildman–Crippen LogP) is 1.19. The quantitative estimate of drug-likeness (QED) is 0.764. The van der Waals surface area contributed by atoms with Crippen LogP contribution in [0, 0.1) is 13.8 Å². The van der Waals surface area contributed by atoms with Gasteiger partial charge < -0.3 is 5.21 Å². The van der Waals surface area contributed by atoms with Crippen LogP contribution in [0.3, 0.4) is 0 Å². The van der Waals surface area contributed by atoms with Crippen LogP contribution in [0.25, 0.3) is 0 Å². The molecule has 4 nitrogen and oxygen atoms in total. The first kappa shape index (κ1) is 12.2. The van der Waals surface area contributed by atoms with E-state index in [0.29, 0.717) is 0 Å². The maximum absolute atomic E-state index is 11.4. The molecular weight excluding hydrogens is 214 g/mol. The van der Waals surface area contributed by atoms with E-state index in [1.165, 1.54) is 6.26 Å². The number of rotatable bonds is 3. The zero-order valence-electron chi connectivity index (χ0n) is 9.03. The van der Waals surface area contributed by atoms with E-state index in [-0.39, 0.29) is 11.4 Å². The molecule has 2 N–H and O–H groups in total. The monoisotopic (exact) mass is 229 g/mol. The number of hydroxylamine groups is 1. The minimum Gasteiger partial charge on any atom is -0.316 e. The SMILES string of the molecule is Cc1cc(S(C)(=O)=O)cc(CNO)c1C. The van der Waals surface area contributed by atoms with Crippen LogP contribution in [0.2, 0.25) is 0 Å². The van der Waals surface area contributed by atoms with E-state index in [2.05, 4.69) is 0 Å². The highest BCUT2D eigenvalue weighted by atomic mass is 32.2. The zero-order valence-corrected chi connectivity index (χ0v) is 9.85. The van der Waals surface area contributed by atoms with Crippen LogP contribution in [0.1, 0.15) is 16.7 Å². The highest BCUT2D eigenvalue weighted by molar-refractivity contribution is 7.90. The molecule has 84 valence electrons. The molecule has 0 fully saturated rings. The highest BCUT2D eigenvalue weighted by Crippen LogP contribution is 2.19. The molecule has 0 unspecified atom stereocenters. The summed E-state index contributed by atoms with van der Waals surface area (Å²) in [5.41, 5.74) is 4.72. The number of nitrogens with one attached hydrogen (secondary N) is 1. The van der Waals surface area contributed by atoms with Gasteiger partial charge in [0, 0.05) is 12.8 Å². The van der Waals surface area contributed by atoms with Crippen LogP contribution >= 0.6 is 0 Å². The standard InChI is InChI=1S/C10H15NO3S/c1-7-4-10(15(3,13)14)5-9(6-11-12)8(7)2/h4-5,11-12H,6H2,1-3H3. The van der Waals surface area contributed by atoms with Gasteiger partial charge in [-0.1, -0.05) is 0 Å². The third-order valence-corrected chi connectivity index (χ3v) is 3.54. The molecule has 1 rings (SSSR count). The second-order valence-corrected chi connectivity index (χ2v) is 5.65. The lowest BCUT2D eigenvalue weighted by Gasteiger charge is -2.10. The molecule has 1 aromatic rings. The number of sulfone groups is 1. The molecule has 0 amide bonds. The van der Waals surface area contributed by atoms with Crippen molar-refractivity contribution in [2.24, 2.45) is 0 Å². The molecule has 0 spiro atoms. The van der Waals surface area contributed by atoms with Gasteiger partial charge in [0.05, 0.1) is 4.90 Å². The van der Waals surface area contributed by atoms with Gasteiger partial charge in [-0.25, -0.2) is 13.9 Å². The van der Waals surface area contributed by atoms with Crippen molar-refractivity contribution in [1.29, 1.82) is 0 Å². The Labute approximate surface area is 89.8 Å². The summed E-state index contributed by atoms with van der Waals surface area (Å²) in [6, 6.07) is 3.23. The lowest BCUT2D eigenvalue weighted by molar-refractivity contribution is 0.161. The maximum Gasteiger partial charge on any atom is 0.175 e. The summed E-state index contributed by atoms with van der Waals surface area (Å²) in [6.07, 6.45) is 1.17. The van der Waals surface area contributed by atoms with E-state index in [1.807, 2.05) is 19.3 Å². The van der Waals surface area contributed by atoms with Gasteiger partial charge in [-0.3, -0.25) is 0 Å². The largest absolute Gasteiger partial charge is 0.316 e. The van der Waals surface area contributed by atoms with E-state index in [0.717, 1.165) is 16.7 Å². The molecule has 0 radical (unpaired) electrons. The molecule has 1 aromatic carbocycles. The topological polar surface area (TPSA) is 66.4 Å². The molecule has 0 aliphatic carbocycles. The molecule has 0 atom stereocenters. The van der Waals surface area contributed by atoms with Crippen LogP contribution in [0.4, 0.5) is 0 Å². The molecule has 0 aliphatic rings. The normalized spacial score (nSPS) is 11.7. The molecule has 0 heterocycles. The summed E-state index contributed by atoms with van der Waals surface area (Å²) in [5.74, 6) is 0. The molecule has 0 bridgehead atoms. The predicted molar refractivity (Wildman–Crippen MR) is 57.7 cm³/mol. The maximum atomic E-state index is 11.4. The van der Waals surface area contributed by atoms with Crippen molar-refractivity contribution in [3.63, 3.8) is 0 Å². The minimum absolute atomic E-state index is 0.246. The van der Waals surface area contributed by atoms with E-state index < -0.39 is 9.84 Å².